The number of amides is 1. The molecule has 162 valence electrons. The Morgan fingerprint density at radius 3 is 2.61 bits per heavy atom. The van der Waals surface area contributed by atoms with Crippen molar-refractivity contribution in [1.82, 2.24) is 15.2 Å². The van der Waals surface area contributed by atoms with Gasteiger partial charge in [0.15, 0.2) is 11.6 Å². The Bertz CT molecular complexity index is 1230. The van der Waals surface area contributed by atoms with E-state index in [1.807, 2.05) is 22.4 Å². The van der Waals surface area contributed by atoms with E-state index >= 15 is 0 Å². The molecule has 0 radical (unpaired) electrons. The maximum atomic E-state index is 14.1. The zero-order chi connectivity index (χ0) is 22.4. The number of fused-ring (bicyclic) bond motifs is 1. The van der Waals surface area contributed by atoms with Crippen LogP contribution >= 0.6 is 0 Å². The lowest BCUT2D eigenvalue weighted by molar-refractivity contribution is -0.137. The van der Waals surface area contributed by atoms with Gasteiger partial charge in [-0.05, 0) is 36.8 Å². The molecule has 0 aliphatic rings. The van der Waals surface area contributed by atoms with Gasteiger partial charge in [0.25, 0.3) is 15.9 Å². The highest BCUT2D eigenvalue weighted by Crippen LogP contribution is 2.21. The van der Waals surface area contributed by atoms with E-state index in [0.29, 0.717) is 5.52 Å². The van der Waals surface area contributed by atoms with Crippen molar-refractivity contribution < 1.29 is 32.2 Å². The molecule has 1 heterocycles. The maximum Gasteiger partial charge on any atom is 0.303 e. The highest BCUT2D eigenvalue weighted by Gasteiger charge is 2.19. The minimum absolute atomic E-state index is 0.00214. The minimum Gasteiger partial charge on any atom is -0.491 e. The number of carbonyl (C=O) groups is 2. The van der Waals surface area contributed by atoms with E-state index in [4.69, 9.17) is 9.84 Å². The highest BCUT2D eigenvalue weighted by atomic mass is 32.2. The zero-order valence-corrected chi connectivity index (χ0v) is 16.9. The van der Waals surface area contributed by atoms with Gasteiger partial charge >= 0.3 is 5.97 Å². The number of carboxylic acids is 1. The number of benzene rings is 2. The van der Waals surface area contributed by atoms with Crippen LogP contribution in [0.3, 0.4) is 0 Å². The van der Waals surface area contributed by atoms with Gasteiger partial charge in [-0.1, -0.05) is 24.3 Å². The summed E-state index contributed by atoms with van der Waals surface area (Å²) in [6, 6.07) is 13.2. The normalized spacial score (nSPS) is 11.3. The first-order valence-electron chi connectivity index (χ1n) is 9.08. The summed E-state index contributed by atoms with van der Waals surface area (Å²) in [5.41, 5.74) is 2.61. The Kier molecular flexibility index (Phi) is 6.78. The number of ether oxygens (including phenoxy) is 1. The number of aromatic nitrogens is 1. The van der Waals surface area contributed by atoms with Crippen LogP contribution in [0.15, 0.2) is 59.5 Å². The second-order valence-electron chi connectivity index (χ2n) is 6.39. The number of hydrogen-bond donors (Lipinski definition) is 3. The van der Waals surface area contributed by atoms with Crippen molar-refractivity contribution in [2.24, 2.45) is 0 Å². The van der Waals surface area contributed by atoms with E-state index in [1.54, 1.807) is 18.2 Å². The molecule has 11 heteroatoms. The maximum absolute atomic E-state index is 14.1. The fourth-order valence-electron chi connectivity index (χ4n) is 2.60. The first-order valence-corrected chi connectivity index (χ1v) is 10.6. The summed E-state index contributed by atoms with van der Waals surface area (Å²) < 4.78 is 44.0. The Morgan fingerprint density at radius 1 is 1.10 bits per heavy atom. The third-order valence-corrected chi connectivity index (χ3v) is 5.38. The largest absolute Gasteiger partial charge is 0.491 e. The summed E-state index contributed by atoms with van der Waals surface area (Å²) in [6.07, 6.45) is 0.0367. The molecule has 31 heavy (non-hydrogen) atoms. The van der Waals surface area contributed by atoms with Gasteiger partial charge < -0.3 is 9.84 Å². The Hall–Kier alpha value is -3.57. The number of hydrogen-bond acceptors (Lipinski definition) is 6. The van der Waals surface area contributed by atoms with Crippen molar-refractivity contribution in [3.8, 4) is 5.75 Å². The van der Waals surface area contributed by atoms with Gasteiger partial charge in [-0.2, -0.15) is 0 Å². The molecule has 0 fully saturated rings. The summed E-state index contributed by atoms with van der Waals surface area (Å²) in [5.74, 6) is -2.94. The minimum atomic E-state index is -4.26. The van der Waals surface area contributed by atoms with E-state index in [9.17, 15) is 22.4 Å². The summed E-state index contributed by atoms with van der Waals surface area (Å²) >= 11 is 0. The quantitative estimate of drug-likeness (QED) is 0.338. The molecule has 1 amide bonds. The fourth-order valence-corrected chi connectivity index (χ4v) is 3.45. The third kappa shape index (κ3) is 5.74. The molecule has 9 nitrogen and oxygen atoms in total. The van der Waals surface area contributed by atoms with Crippen LogP contribution in [0.25, 0.3) is 10.9 Å². The monoisotopic (exact) mass is 447 g/mol. The average molecular weight is 447 g/mol. The van der Waals surface area contributed by atoms with Crippen LogP contribution in [-0.2, 0) is 14.8 Å². The number of carbonyl (C=O) groups excluding carboxylic acids is 1. The van der Waals surface area contributed by atoms with Crippen molar-refractivity contribution in [2.45, 2.75) is 17.7 Å². The van der Waals surface area contributed by atoms with Gasteiger partial charge in [-0.25, -0.2) is 17.8 Å². The van der Waals surface area contributed by atoms with Gasteiger partial charge in [-0.15, -0.1) is 4.83 Å². The zero-order valence-electron chi connectivity index (χ0n) is 16.0. The van der Waals surface area contributed by atoms with Gasteiger partial charge in [0.1, 0.15) is 5.69 Å². The molecule has 3 rings (SSSR count). The molecule has 0 bridgehead atoms. The Balaban J connectivity index is 1.63. The molecule has 0 saturated heterocycles. The van der Waals surface area contributed by atoms with E-state index in [2.05, 4.69) is 4.98 Å². The molecule has 3 N–H and O–H groups in total. The fraction of sp³-hybridized carbons (Fsp3) is 0.150. The number of pyridine rings is 1. The summed E-state index contributed by atoms with van der Waals surface area (Å²) in [6.45, 7) is -0.0393. The van der Waals surface area contributed by atoms with Gasteiger partial charge in [-0.3, -0.25) is 15.0 Å². The van der Waals surface area contributed by atoms with Crippen molar-refractivity contribution >= 4 is 32.8 Å². The lowest BCUT2D eigenvalue weighted by Crippen LogP contribution is -2.41. The molecule has 0 saturated carbocycles. The van der Waals surface area contributed by atoms with Crippen LogP contribution < -0.4 is 15.0 Å². The summed E-state index contributed by atoms with van der Waals surface area (Å²) in [7, 11) is -4.26. The number of halogens is 1. The second-order valence-corrected chi connectivity index (χ2v) is 8.07. The standard InChI is InChI=1S/C20H18FN3O6S/c21-15-12-14(8-10-18(15)30-11-3-6-19(25)26)31(28,29)24-23-20(27)17-9-7-13-4-1-2-5-16(13)22-17/h1-2,4-5,7-10,12,24H,3,6,11H2,(H,23,27)(H,25,26). The summed E-state index contributed by atoms with van der Waals surface area (Å²) in [5, 5.41) is 9.38. The molecule has 0 aliphatic carbocycles. The predicted molar refractivity (Wildman–Crippen MR) is 108 cm³/mol. The van der Waals surface area contributed by atoms with Crippen LogP contribution in [0.4, 0.5) is 4.39 Å². The third-order valence-electron chi connectivity index (χ3n) is 4.14. The molecular weight excluding hydrogens is 429 g/mol. The summed E-state index contributed by atoms with van der Waals surface area (Å²) in [4.78, 5) is 28.3. The molecule has 0 atom stereocenters. The van der Waals surface area contributed by atoms with Crippen LogP contribution in [0.5, 0.6) is 5.75 Å². The van der Waals surface area contributed by atoms with Crippen molar-refractivity contribution in [1.29, 1.82) is 0 Å². The molecule has 2 aromatic carbocycles. The Morgan fingerprint density at radius 2 is 1.87 bits per heavy atom. The molecule has 0 unspecified atom stereocenters. The van der Waals surface area contributed by atoms with Crippen molar-refractivity contribution in [3.63, 3.8) is 0 Å². The van der Waals surface area contributed by atoms with Gasteiger partial charge in [0, 0.05) is 11.8 Å². The smallest absolute Gasteiger partial charge is 0.303 e. The van der Waals surface area contributed by atoms with E-state index in [-0.39, 0.29) is 30.9 Å². The number of hydrazine groups is 1. The number of nitrogens with zero attached hydrogens (tertiary/aromatic N) is 1. The van der Waals surface area contributed by atoms with Crippen LogP contribution in [0, 0.1) is 5.82 Å². The van der Waals surface area contributed by atoms with E-state index in [1.165, 1.54) is 6.07 Å². The first kappa shape index (κ1) is 22.1. The first-order chi connectivity index (χ1) is 14.8. The lowest BCUT2D eigenvalue weighted by Gasteiger charge is -2.11. The van der Waals surface area contributed by atoms with Crippen LogP contribution in [0.1, 0.15) is 23.3 Å². The molecule has 1 aromatic heterocycles. The van der Waals surface area contributed by atoms with E-state index in [0.717, 1.165) is 23.6 Å². The number of nitrogens with one attached hydrogen (secondary N) is 2. The lowest BCUT2D eigenvalue weighted by atomic mass is 10.2. The van der Waals surface area contributed by atoms with Gasteiger partial charge in [0.05, 0.1) is 17.0 Å². The predicted octanol–water partition coefficient (Wildman–Crippen LogP) is 2.24. The number of para-hydroxylation sites is 1. The second kappa shape index (κ2) is 9.49. The number of carboxylic acid groups (broad SMARTS) is 1. The highest BCUT2D eigenvalue weighted by molar-refractivity contribution is 7.89. The SMILES string of the molecule is O=C(O)CCCOc1ccc(S(=O)(=O)NNC(=O)c2ccc3ccccc3n2)cc1F. The Labute approximate surface area is 176 Å². The molecule has 3 aromatic rings. The van der Waals surface area contributed by atoms with E-state index < -0.39 is 32.6 Å². The van der Waals surface area contributed by atoms with Gasteiger partial charge in [0.2, 0.25) is 0 Å². The number of aliphatic carboxylic acids is 1. The van der Waals surface area contributed by atoms with Crippen LogP contribution in [0.2, 0.25) is 0 Å². The molecule has 0 aliphatic heterocycles. The van der Waals surface area contributed by atoms with Crippen molar-refractivity contribution in [2.75, 3.05) is 6.61 Å². The topological polar surface area (TPSA) is 135 Å². The average Bonchev–Trinajstić information content (AvgIpc) is 2.75. The molecule has 0 spiro atoms. The van der Waals surface area contributed by atoms with Crippen LogP contribution in [-0.4, -0.2) is 37.0 Å². The number of rotatable bonds is 9. The molecular formula is C20H18FN3O6S. The number of sulfonamides is 1. The van der Waals surface area contributed by atoms with Crippen molar-refractivity contribution in [3.05, 3.63) is 66.1 Å².